The van der Waals surface area contributed by atoms with E-state index in [1.165, 1.54) is 50.4 Å². The van der Waals surface area contributed by atoms with E-state index in [0.29, 0.717) is 5.75 Å². The number of nitrogens with zero attached hydrogens (tertiary/aromatic N) is 2. The molecule has 0 heterocycles. The Morgan fingerprint density at radius 2 is 2.00 bits per heavy atom. The third kappa shape index (κ3) is 5.03. The van der Waals surface area contributed by atoms with E-state index >= 15 is 0 Å². The van der Waals surface area contributed by atoms with E-state index in [1.807, 2.05) is 0 Å². The van der Waals surface area contributed by atoms with E-state index in [4.69, 9.17) is 16.3 Å². The second kappa shape index (κ2) is 9.21. The first kappa shape index (κ1) is 22.6. The van der Waals surface area contributed by atoms with Gasteiger partial charge < -0.3 is 10.1 Å². The van der Waals surface area contributed by atoms with Crippen LogP contribution in [0.4, 0.5) is 11.4 Å². The highest BCUT2D eigenvalue weighted by molar-refractivity contribution is 7.89. The molecule has 2 aromatic rings. The molecular formula is C18H20ClN3O6S. The number of nitro groups is 1. The zero-order chi connectivity index (χ0) is 21.8. The van der Waals surface area contributed by atoms with Crippen molar-refractivity contribution in [2.24, 2.45) is 0 Å². The van der Waals surface area contributed by atoms with Crippen LogP contribution in [-0.4, -0.2) is 43.8 Å². The number of carbonyl (C=O) groups excluding carboxylic acids is 1. The zero-order valence-electron chi connectivity index (χ0n) is 16.0. The summed E-state index contributed by atoms with van der Waals surface area (Å²) in [7, 11) is -2.58. The number of amides is 1. The van der Waals surface area contributed by atoms with Gasteiger partial charge in [0.15, 0.2) is 0 Å². The van der Waals surface area contributed by atoms with Crippen molar-refractivity contribution in [3.63, 3.8) is 0 Å². The van der Waals surface area contributed by atoms with E-state index in [2.05, 4.69) is 5.32 Å². The predicted molar refractivity (Wildman–Crippen MR) is 109 cm³/mol. The summed E-state index contributed by atoms with van der Waals surface area (Å²) < 4.78 is 31.7. The molecular weight excluding hydrogens is 422 g/mol. The molecule has 29 heavy (non-hydrogen) atoms. The van der Waals surface area contributed by atoms with Crippen LogP contribution in [0.3, 0.4) is 0 Å². The summed E-state index contributed by atoms with van der Waals surface area (Å²) in [6.07, 6.45) is 0. The molecule has 0 aromatic heterocycles. The highest BCUT2D eigenvalue weighted by Gasteiger charge is 2.26. The molecule has 2 rings (SSSR count). The highest BCUT2D eigenvalue weighted by Crippen LogP contribution is 2.29. The van der Waals surface area contributed by atoms with Crippen molar-refractivity contribution in [3.8, 4) is 5.75 Å². The summed E-state index contributed by atoms with van der Waals surface area (Å²) in [4.78, 5) is 22.8. The molecule has 0 aliphatic heterocycles. The third-order valence-electron chi connectivity index (χ3n) is 4.21. The maximum absolute atomic E-state index is 12.9. The van der Waals surface area contributed by atoms with Crippen molar-refractivity contribution in [1.29, 1.82) is 0 Å². The molecule has 2 aromatic carbocycles. The average molecular weight is 442 g/mol. The second-order valence-corrected chi connectivity index (χ2v) is 8.33. The van der Waals surface area contributed by atoms with Gasteiger partial charge in [0.2, 0.25) is 15.9 Å². The number of nitrogens with one attached hydrogen (secondary N) is 1. The Balaban J connectivity index is 2.23. The van der Waals surface area contributed by atoms with Crippen LogP contribution in [0, 0.1) is 17.0 Å². The number of likely N-dealkylation sites (N-methyl/N-ethyl adjacent to an activating group) is 1. The predicted octanol–water partition coefficient (Wildman–Crippen LogP) is 3.21. The van der Waals surface area contributed by atoms with Crippen LogP contribution in [0.1, 0.15) is 12.5 Å². The maximum Gasteiger partial charge on any atom is 0.274 e. The maximum atomic E-state index is 12.9. The number of anilines is 1. The molecule has 1 N–H and O–H groups in total. The van der Waals surface area contributed by atoms with E-state index in [1.54, 1.807) is 6.92 Å². The molecule has 0 fully saturated rings. The number of rotatable bonds is 8. The van der Waals surface area contributed by atoms with Crippen molar-refractivity contribution < 1.29 is 22.9 Å². The molecule has 156 valence electrons. The minimum absolute atomic E-state index is 0.0350. The van der Waals surface area contributed by atoms with Gasteiger partial charge in [-0.05, 0) is 31.2 Å². The van der Waals surface area contributed by atoms with Gasteiger partial charge in [-0.2, -0.15) is 4.31 Å². The first-order valence-electron chi connectivity index (χ1n) is 8.49. The SMILES string of the molecule is CCN(CC(=O)Nc1cccc([N+](=O)[O-])c1C)S(=O)(=O)c1ccc(OC)c(Cl)c1. The quantitative estimate of drug-likeness (QED) is 0.496. The Morgan fingerprint density at radius 3 is 2.55 bits per heavy atom. The fourth-order valence-corrected chi connectivity index (χ4v) is 4.38. The molecule has 0 bridgehead atoms. The highest BCUT2D eigenvalue weighted by atomic mass is 35.5. The first-order chi connectivity index (χ1) is 13.6. The molecule has 0 unspecified atom stereocenters. The van der Waals surface area contributed by atoms with E-state index in [0.717, 1.165) is 4.31 Å². The molecule has 0 saturated heterocycles. The molecule has 0 spiro atoms. The minimum atomic E-state index is -3.99. The van der Waals surface area contributed by atoms with Crippen molar-refractivity contribution in [2.75, 3.05) is 25.5 Å². The van der Waals surface area contributed by atoms with Gasteiger partial charge in [0.25, 0.3) is 5.69 Å². The lowest BCUT2D eigenvalue weighted by Gasteiger charge is -2.20. The number of ether oxygens (including phenoxy) is 1. The fourth-order valence-electron chi connectivity index (χ4n) is 2.63. The fraction of sp³-hybridized carbons (Fsp3) is 0.278. The summed E-state index contributed by atoms with van der Waals surface area (Å²) in [6, 6.07) is 8.28. The van der Waals surface area contributed by atoms with Crippen molar-refractivity contribution in [1.82, 2.24) is 4.31 Å². The van der Waals surface area contributed by atoms with Crippen LogP contribution in [0.25, 0.3) is 0 Å². The monoisotopic (exact) mass is 441 g/mol. The molecule has 0 atom stereocenters. The van der Waals surface area contributed by atoms with Gasteiger partial charge in [-0.15, -0.1) is 0 Å². The lowest BCUT2D eigenvalue weighted by molar-refractivity contribution is -0.385. The Kier molecular flexibility index (Phi) is 7.17. The van der Waals surface area contributed by atoms with Crippen LogP contribution in [-0.2, 0) is 14.8 Å². The summed E-state index contributed by atoms with van der Waals surface area (Å²) in [5, 5.41) is 13.7. The van der Waals surface area contributed by atoms with Crippen LogP contribution in [0.15, 0.2) is 41.3 Å². The third-order valence-corrected chi connectivity index (χ3v) is 6.42. The Bertz CT molecular complexity index is 1040. The number of hydrogen-bond acceptors (Lipinski definition) is 6. The lowest BCUT2D eigenvalue weighted by atomic mass is 10.1. The lowest BCUT2D eigenvalue weighted by Crippen LogP contribution is -2.38. The van der Waals surface area contributed by atoms with Gasteiger partial charge in [0.05, 0.1) is 39.7 Å². The molecule has 0 aliphatic carbocycles. The van der Waals surface area contributed by atoms with Crippen molar-refractivity contribution in [3.05, 3.63) is 57.1 Å². The van der Waals surface area contributed by atoms with E-state index in [9.17, 15) is 23.3 Å². The number of nitro benzene ring substituents is 1. The van der Waals surface area contributed by atoms with Gasteiger partial charge in [0, 0.05) is 12.6 Å². The number of halogens is 1. The Morgan fingerprint density at radius 1 is 1.31 bits per heavy atom. The Hall–Kier alpha value is -2.69. The normalized spacial score (nSPS) is 11.3. The van der Waals surface area contributed by atoms with Crippen LogP contribution < -0.4 is 10.1 Å². The van der Waals surface area contributed by atoms with E-state index in [-0.39, 0.29) is 33.4 Å². The summed E-state index contributed by atoms with van der Waals surface area (Å²) in [5.74, 6) is -0.300. The number of methoxy groups -OCH3 is 1. The smallest absolute Gasteiger partial charge is 0.274 e. The average Bonchev–Trinajstić information content (AvgIpc) is 2.67. The summed E-state index contributed by atoms with van der Waals surface area (Å²) >= 11 is 6.01. The van der Waals surface area contributed by atoms with Crippen LogP contribution >= 0.6 is 11.6 Å². The standard InChI is InChI=1S/C18H20ClN3O6S/c1-4-21(29(26,27)13-8-9-17(28-3)14(19)10-13)11-18(23)20-15-6-5-7-16(12(15)2)22(24)25/h5-10H,4,11H2,1-3H3,(H,20,23). The molecule has 11 heteroatoms. The molecule has 9 nitrogen and oxygen atoms in total. The zero-order valence-corrected chi connectivity index (χ0v) is 17.6. The van der Waals surface area contributed by atoms with Crippen molar-refractivity contribution >= 4 is 38.9 Å². The molecule has 1 amide bonds. The summed E-state index contributed by atoms with van der Waals surface area (Å²) in [5.41, 5.74) is 0.375. The number of carbonyl (C=O) groups is 1. The van der Waals surface area contributed by atoms with Crippen LogP contribution in [0.2, 0.25) is 5.02 Å². The topological polar surface area (TPSA) is 119 Å². The van der Waals surface area contributed by atoms with Gasteiger partial charge in [0.1, 0.15) is 5.75 Å². The number of sulfonamides is 1. The van der Waals surface area contributed by atoms with Gasteiger partial charge >= 0.3 is 0 Å². The molecule has 0 aliphatic rings. The Labute approximate surface area is 173 Å². The van der Waals surface area contributed by atoms with Gasteiger partial charge in [-0.25, -0.2) is 8.42 Å². The van der Waals surface area contributed by atoms with Crippen molar-refractivity contribution in [2.45, 2.75) is 18.7 Å². The molecule has 0 saturated carbocycles. The number of benzene rings is 2. The van der Waals surface area contributed by atoms with Gasteiger partial charge in [-0.3, -0.25) is 14.9 Å². The molecule has 0 radical (unpaired) electrons. The largest absolute Gasteiger partial charge is 0.495 e. The second-order valence-electron chi connectivity index (χ2n) is 5.98. The first-order valence-corrected chi connectivity index (χ1v) is 10.3. The van der Waals surface area contributed by atoms with Gasteiger partial charge in [-0.1, -0.05) is 24.6 Å². The minimum Gasteiger partial charge on any atom is -0.495 e. The summed E-state index contributed by atoms with van der Waals surface area (Å²) in [6.45, 7) is 2.66. The van der Waals surface area contributed by atoms with E-state index < -0.39 is 27.4 Å². The number of hydrogen-bond donors (Lipinski definition) is 1. The van der Waals surface area contributed by atoms with Crippen LogP contribution in [0.5, 0.6) is 5.75 Å².